The molecule has 0 aromatic heterocycles. The molecule has 6 nitrogen and oxygen atoms in total. The summed E-state index contributed by atoms with van der Waals surface area (Å²) in [5, 5.41) is 9.97. The van der Waals surface area contributed by atoms with Crippen molar-refractivity contribution in [3.05, 3.63) is 65.2 Å². The lowest BCUT2D eigenvalue weighted by molar-refractivity contribution is -0.128. The number of likely N-dealkylation sites (tertiary alicyclic amines) is 1. The number of amides is 1. The van der Waals surface area contributed by atoms with Crippen molar-refractivity contribution in [3.8, 4) is 0 Å². The summed E-state index contributed by atoms with van der Waals surface area (Å²) >= 11 is 6.00. The molecule has 2 aromatic rings. The van der Waals surface area contributed by atoms with Gasteiger partial charge in [-0.25, -0.2) is 8.42 Å². The largest absolute Gasteiger partial charge is 0.391 e. The van der Waals surface area contributed by atoms with Gasteiger partial charge in [-0.1, -0.05) is 35.9 Å². The monoisotopic (exact) mass is 420 g/mol. The second kappa shape index (κ2) is 8.77. The molecule has 1 aliphatic rings. The smallest absolute Gasteiger partial charge is 0.261 e. The Morgan fingerprint density at radius 3 is 2.57 bits per heavy atom. The van der Waals surface area contributed by atoms with Gasteiger partial charge in [0.15, 0.2) is 0 Å². The highest BCUT2D eigenvalue weighted by atomic mass is 35.5. The van der Waals surface area contributed by atoms with Crippen LogP contribution >= 0.6 is 11.6 Å². The normalized spacial score (nSPS) is 17.6. The van der Waals surface area contributed by atoms with Crippen LogP contribution in [0.15, 0.2) is 59.5 Å². The van der Waals surface area contributed by atoms with Crippen LogP contribution in [-0.4, -0.2) is 43.5 Å². The fourth-order valence-electron chi connectivity index (χ4n) is 2.93. The van der Waals surface area contributed by atoms with Crippen LogP contribution in [0.5, 0.6) is 0 Å². The summed E-state index contributed by atoms with van der Waals surface area (Å²) < 4.78 is 27.4. The van der Waals surface area contributed by atoms with Gasteiger partial charge in [0.2, 0.25) is 5.91 Å². The van der Waals surface area contributed by atoms with E-state index >= 15 is 0 Å². The van der Waals surface area contributed by atoms with E-state index in [2.05, 4.69) is 4.72 Å². The van der Waals surface area contributed by atoms with E-state index in [0.717, 1.165) is 6.42 Å². The van der Waals surface area contributed by atoms with Crippen molar-refractivity contribution in [2.24, 2.45) is 0 Å². The summed E-state index contributed by atoms with van der Waals surface area (Å²) in [6.45, 7) is 0.971. The topological polar surface area (TPSA) is 86.7 Å². The maximum Gasteiger partial charge on any atom is 0.261 e. The Balaban J connectivity index is 1.67. The van der Waals surface area contributed by atoms with E-state index in [1.807, 2.05) is 0 Å². The Kier molecular flexibility index (Phi) is 6.39. The van der Waals surface area contributed by atoms with E-state index in [1.54, 1.807) is 47.4 Å². The van der Waals surface area contributed by atoms with Crippen LogP contribution in [0.25, 0.3) is 6.08 Å². The molecule has 1 fully saturated rings. The molecule has 1 saturated heterocycles. The van der Waals surface area contributed by atoms with Gasteiger partial charge in [-0.3, -0.25) is 9.52 Å². The maximum absolute atomic E-state index is 12.5. The number of rotatable bonds is 5. The number of nitrogens with zero attached hydrogens (tertiary/aromatic N) is 1. The van der Waals surface area contributed by atoms with Gasteiger partial charge < -0.3 is 10.0 Å². The lowest BCUT2D eigenvalue weighted by atomic mass is 10.1. The van der Waals surface area contributed by atoms with Gasteiger partial charge in [0.1, 0.15) is 0 Å². The summed E-state index contributed by atoms with van der Waals surface area (Å²) in [5.74, 6) is -0.171. The lowest BCUT2D eigenvalue weighted by Crippen LogP contribution is -2.41. The molecule has 0 saturated carbocycles. The zero-order valence-electron chi connectivity index (χ0n) is 15.1. The molecule has 1 atom stereocenters. The van der Waals surface area contributed by atoms with Gasteiger partial charge >= 0.3 is 0 Å². The Labute approximate surface area is 169 Å². The standard InChI is InChI=1S/C20H21ClN2O4S/c21-18-5-1-2-6-19(18)22-28(26,27)17-10-7-15(8-11-17)9-12-20(25)23-13-3-4-16(24)14-23/h1-2,5-12,16,22,24H,3-4,13-14H2/b12-9+. The van der Waals surface area contributed by atoms with Crippen molar-refractivity contribution < 1.29 is 18.3 Å². The molecule has 0 spiro atoms. The Hall–Kier alpha value is -2.35. The number of benzene rings is 2. The van der Waals surface area contributed by atoms with Crippen molar-refractivity contribution in [1.29, 1.82) is 0 Å². The van der Waals surface area contributed by atoms with Crippen molar-refractivity contribution in [2.45, 2.75) is 23.8 Å². The number of hydrogen-bond acceptors (Lipinski definition) is 4. The molecular formula is C20H21ClN2O4S. The number of hydrogen-bond donors (Lipinski definition) is 2. The van der Waals surface area contributed by atoms with Crippen molar-refractivity contribution >= 4 is 39.3 Å². The molecule has 0 bridgehead atoms. The summed E-state index contributed by atoms with van der Waals surface area (Å²) in [6, 6.07) is 12.8. The third kappa shape index (κ3) is 5.13. The van der Waals surface area contributed by atoms with E-state index in [1.165, 1.54) is 18.2 Å². The van der Waals surface area contributed by atoms with Crippen LogP contribution in [0, 0.1) is 0 Å². The summed E-state index contributed by atoms with van der Waals surface area (Å²) in [5.41, 5.74) is 1.00. The second-order valence-corrected chi connectivity index (χ2v) is 8.66. The number of β-amino-alcohol motifs (C(OH)–C–C–N with tert-alkyl or cyclic N) is 1. The number of piperidine rings is 1. The molecule has 1 unspecified atom stereocenters. The van der Waals surface area contributed by atoms with Gasteiger partial charge in [0, 0.05) is 19.2 Å². The zero-order chi connectivity index (χ0) is 20.1. The first kappa shape index (κ1) is 20.4. The number of anilines is 1. The van der Waals surface area contributed by atoms with Gasteiger partial charge in [-0.2, -0.15) is 0 Å². The second-order valence-electron chi connectivity index (χ2n) is 6.57. The molecule has 3 rings (SSSR count). The third-order valence-electron chi connectivity index (χ3n) is 4.44. The maximum atomic E-state index is 12.5. The molecule has 148 valence electrons. The average molecular weight is 421 g/mol. The average Bonchev–Trinajstić information content (AvgIpc) is 2.68. The fourth-order valence-corrected chi connectivity index (χ4v) is 4.25. The van der Waals surface area contributed by atoms with Crippen LogP contribution in [0.2, 0.25) is 5.02 Å². The molecule has 2 aromatic carbocycles. The SMILES string of the molecule is O=C(/C=C/c1ccc(S(=O)(=O)Nc2ccccc2Cl)cc1)N1CCCC(O)C1. The number of carbonyl (C=O) groups is 1. The minimum absolute atomic E-state index is 0.0926. The highest BCUT2D eigenvalue weighted by molar-refractivity contribution is 7.92. The van der Waals surface area contributed by atoms with Gasteiger partial charge in [-0.15, -0.1) is 0 Å². The molecule has 1 aliphatic heterocycles. The molecule has 2 N–H and O–H groups in total. The predicted molar refractivity (Wildman–Crippen MR) is 110 cm³/mol. The molecule has 28 heavy (non-hydrogen) atoms. The van der Waals surface area contributed by atoms with Crippen LogP contribution in [0.4, 0.5) is 5.69 Å². The zero-order valence-corrected chi connectivity index (χ0v) is 16.7. The van der Waals surface area contributed by atoms with E-state index in [0.29, 0.717) is 35.8 Å². The number of nitrogens with one attached hydrogen (secondary N) is 1. The van der Waals surface area contributed by atoms with Gasteiger partial charge in [0.25, 0.3) is 10.0 Å². The third-order valence-corrected chi connectivity index (χ3v) is 6.15. The van der Waals surface area contributed by atoms with E-state index in [-0.39, 0.29) is 10.8 Å². The van der Waals surface area contributed by atoms with Crippen LogP contribution in [0.1, 0.15) is 18.4 Å². The van der Waals surface area contributed by atoms with E-state index in [4.69, 9.17) is 11.6 Å². The number of aliphatic hydroxyl groups excluding tert-OH is 1. The number of carbonyl (C=O) groups excluding carboxylic acids is 1. The molecule has 1 amide bonds. The number of aliphatic hydroxyl groups is 1. The van der Waals surface area contributed by atoms with E-state index < -0.39 is 16.1 Å². The van der Waals surface area contributed by atoms with Crippen molar-refractivity contribution in [2.75, 3.05) is 17.8 Å². The number of para-hydroxylation sites is 1. The van der Waals surface area contributed by atoms with Gasteiger partial charge in [-0.05, 0) is 48.7 Å². The Morgan fingerprint density at radius 2 is 1.89 bits per heavy atom. The molecular weight excluding hydrogens is 400 g/mol. The highest BCUT2D eigenvalue weighted by Gasteiger charge is 2.20. The first-order chi connectivity index (χ1) is 13.3. The van der Waals surface area contributed by atoms with Crippen LogP contribution in [-0.2, 0) is 14.8 Å². The summed E-state index contributed by atoms with van der Waals surface area (Å²) in [4.78, 5) is 13.9. The molecule has 8 heteroatoms. The molecule has 0 radical (unpaired) electrons. The number of sulfonamides is 1. The molecule has 1 heterocycles. The lowest BCUT2D eigenvalue weighted by Gasteiger charge is -2.29. The minimum atomic E-state index is -3.77. The van der Waals surface area contributed by atoms with E-state index in [9.17, 15) is 18.3 Å². The minimum Gasteiger partial charge on any atom is -0.391 e. The first-order valence-electron chi connectivity index (χ1n) is 8.87. The van der Waals surface area contributed by atoms with Crippen molar-refractivity contribution in [3.63, 3.8) is 0 Å². The molecule has 0 aliphatic carbocycles. The fraction of sp³-hybridized carbons (Fsp3) is 0.250. The number of halogens is 1. The van der Waals surface area contributed by atoms with Gasteiger partial charge in [0.05, 0.1) is 21.7 Å². The van der Waals surface area contributed by atoms with Crippen LogP contribution in [0.3, 0.4) is 0 Å². The predicted octanol–water partition coefficient (Wildman–Crippen LogP) is 3.14. The Bertz CT molecular complexity index is 974. The first-order valence-corrected chi connectivity index (χ1v) is 10.7. The highest BCUT2D eigenvalue weighted by Crippen LogP contribution is 2.24. The summed E-state index contributed by atoms with van der Waals surface area (Å²) in [7, 11) is -3.77. The quantitative estimate of drug-likeness (QED) is 0.727. The Morgan fingerprint density at radius 1 is 1.18 bits per heavy atom. The van der Waals surface area contributed by atoms with Crippen molar-refractivity contribution in [1.82, 2.24) is 4.90 Å². The van der Waals surface area contributed by atoms with Crippen LogP contribution < -0.4 is 4.72 Å². The summed E-state index contributed by atoms with van der Waals surface area (Å²) in [6.07, 6.45) is 4.09.